The molecule has 0 saturated carbocycles. The van der Waals surface area contributed by atoms with Gasteiger partial charge in [0.15, 0.2) is 0 Å². The molecule has 0 radical (unpaired) electrons. The number of amides is 2. The fraction of sp³-hybridized carbons (Fsp3) is 0.300. The third-order valence-electron chi connectivity index (χ3n) is 4.15. The Kier molecular flexibility index (Phi) is 8.96. The van der Waals surface area contributed by atoms with Gasteiger partial charge in [-0.15, -0.1) is 0 Å². The highest BCUT2D eigenvalue weighted by atomic mass is 35.5. The van der Waals surface area contributed by atoms with Crippen molar-refractivity contribution in [3.63, 3.8) is 0 Å². The number of rotatable bonds is 8. The van der Waals surface area contributed by atoms with Crippen molar-refractivity contribution in [1.82, 2.24) is 10.2 Å². The SMILES string of the molecule is CSCCC(NC(=O)c1ccccc1Cl)C(=O)N(C)Cc1cccc(Cl)c1Cl. The van der Waals surface area contributed by atoms with Gasteiger partial charge in [0.2, 0.25) is 5.91 Å². The summed E-state index contributed by atoms with van der Waals surface area (Å²) < 4.78 is 0. The second kappa shape index (κ2) is 11.0. The third-order valence-corrected chi connectivity index (χ3v) is 5.98. The second-order valence-corrected chi connectivity index (χ2v) is 8.37. The van der Waals surface area contributed by atoms with Crippen molar-refractivity contribution in [3.05, 3.63) is 68.7 Å². The fourth-order valence-corrected chi connectivity index (χ4v) is 3.72. The van der Waals surface area contributed by atoms with Crippen molar-refractivity contribution in [2.45, 2.75) is 19.0 Å². The lowest BCUT2D eigenvalue weighted by molar-refractivity contribution is -0.132. The number of likely N-dealkylation sites (N-methyl/N-ethyl adjacent to an activating group) is 1. The molecule has 0 aliphatic carbocycles. The summed E-state index contributed by atoms with van der Waals surface area (Å²) in [5, 5.41) is 4.01. The Bertz CT molecular complexity index is 848. The van der Waals surface area contributed by atoms with Crippen LogP contribution in [0.4, 0.5) is 0 Å². The highest BCUT2D eigenvalue weighted by Gasteiger charge is 2.25. The van der Waals surface area contributed by atoms with Gasteiger partial charge < -0.3 is 10.2 Å². The van der Waals surface area contributed by atoms with Gasteiger partial charge in [-0.1, -0.05) is 59.1 Å². The van der Waals surface area contributed by atoms with E-state index in [1.807, 2.05) is 12.3 Å². The monoisotopic (exact) mass is 458 g/mol. The molecule has 2 amide bonds. The number of benzene rings is 2. The first-order valence-electron chi connectivity index (χ1n) is 8.57. The summed E-state index contributed by atoms with van der Waals surface area (Å²) in [5.74, 6) is 0.148. The minimum Gasteiger partial charge on any atom is -0.340 e. The molecule has 0 aromatic heterocycles. The van der Waals surface area contributed by atoms with Crippen LogP contribution in [0, 0.1) is 0 Å². The van der Waals surface area contributed by atoms with Gasteiger partial charge in [-0.3, -0.25) is 9.59 Å². The molecule has 28 heavy (non-hydrogen) atoms. The Labute approximate surface area is 184 Å². The Morgan fingerprint density at radius 3 is 2.43 bits per heavy atom. The highest BCUT2D eigenvalue weighted by Crippen LogP contribution is 2.26. The minimum absolute atomic E-state index is 0.203. The van der Waals surface area contributed by atoms with Crippen molar-refractivity contribution in [2.75, 3.05) is 19.1 Å². The summed E-state index contributed by atoms with van der Waals surface area (Å²) in [6.07, 6.45) is 2.46. The summed E-state index contributed by atoms with van der Waals surface area (Å²) in [5.41, 5.74) is 1.08. The van der Waals surface area contributed by atoms with E-state index in [2.05, 4.69) is 5.32 Å². The van der Waals surface area contributed by atoms with Gasteiger partial charge in [-0.25, -0.2) is 0 Å². The number of nitrogens with zero attached hydrogens (tertiary/aromatic N) is 1. The molecule has 8 heteroatoms. The zero-order valence-electron chi connectivity index (χ0n) is 15.5. The minimum atomic E-state index is -0.667. The van der Waals surface area contributed by atoms with E-state index in [0.717, 1.165) is 11.3 Å². The highest BCUT2D eigenvalue weighted by molar-refractivity contribution is 7.98. The molecule has 1 N–H and O–H groups in total. The summed E-state index contributed by atoms with van der Waals surface area (Å²) in [6, 6.07) is 11.4. The predicted molar refractivity (Wildman–Crippen MR) is 119 cm³/mol. The summed E-state index contributed by atoms with van der Waals surface area (Å²) >= 11 is 20.0. The van der Waals surface area contributed by atoms with Crippen molar-refractivity contribution < 1.29 is 9.59 Å². The molecule has 0 saturated heterocycles. The largest absolute Gasteiger partial charge is 0.340 e. The van der Waals surface area contributed by atoms with Crippen molar-refractivity contribution in [1.29, 1.82) is 0 Å². The summed E-state index contributed by atoms with van der Waals surface area (Å²) in [6.45, 7) is 0.288. The van der Waals surface area contributed by atoms with E-state index in [1.165, 1.54) is 4.90 Å². The van der Waals surface area contributed by atoms with Crippen LogP contribution in [0.1, 0.15) is 22.3 Å². The van der Waals surface area contributed by atoms with Crippen molar-refractivity contribution >= 4 is 58.4 Å². The molecule has 0 bridgehead atoms. The van der Waals surface area contributed by atoms with Crippen LogP contribution in [0.5, 0.6) is 0 Å². The maximum atomic E-state index is 13.0. The number of nitrogens with one attached hydrogen (secondary N) is 1. The molecule has 1 unspecified atom stereocenters. The van der Waals surface area contributed by atoms with Crippen molar-refractivity contribution in [2.24, 2.45) is 0 Å². The Morgan fingerprint density at radius 1 is 1.07 bits per heavy atom. The van der Waals surface area contributed by atoms with Gasteiger partial charge >= 0.3 is 0 Å². The molecular formula is C20H21Cl3N2O2S. The first-order valence-corrected chi connectivity index (χ1v) is 11.1. The van der Waals surface area contributed by atoms with Gasteiger partial charge in [0.05, 0.1) is 20.6 Å². The molecule has 0 spiro atoms. The number of carbonyl (C=O) groups is 2. The lowest BCUT2D eigenvalue weighted by Gasteiger charge is -2.25. The normalized spacial score (nSPS) is 11.8. The maximum absolute atomic E-state index is 13.0. The molecule has 2 aromatic carbocycles. The van der Waals surface area contributed by atoms with Crippen LogP contribution in [-0.4, -0.2) is 41.8 Å². The molecule has 150 valence electrons. The molecule has 0 fully saturated rings. The van der Waals surface area contributed by atoms with E-state index in [0.29, 0.717) is 27.1 Å². The number of thioether (sulfide) groups is 1. The van der Waals surface area contributed by atoms with E-state index in [-0.39, 0.29) is 18.4 Å². The van der Waals surface area contributed by atoms with Gasteiger partial charge in [0, 0.05) is 13.6 Å². The second-order valence-electron chi connectivity index (χ2n) is 6.19. The van der Waals surface area contributed by atoms with E-state index in [9.17, 15) is 9.59 Å². The summed E-state index contributed by atoms with van der Waals surface area (Å²) in [4.78, 5) is 27.1. The van der Waals surface area contributed by atoms with E-state index < -0.39 is 6.04 Å². The zero-order valence-corrected chi connectivity index (χ0v) is 18.6. The third kappa shape index (κ3) is 6.05. The van der Waals surface area contributed by atoms with E-state index in [1.54, 1.807) is 55.2 Å². The van der Waals surface area contributed by atoms with Gasteiger partial charge in [0.1, 0.15) is 6.04 Å². The lowest BCUT2D eigenvalue weighted by Crippen LogP contribution is -2.47. The molecule has 0 aliphatic rings. The van der Waals surface area contributed by atoms with Crippen LogP contribution in [0.25, 0.3) is 0 Å². The van der Waals surface area contributed by atoms with Crippen LogP contribution in [0.2, 0.25) is 15.1 Å². The van der Waals surface area contributed by atoms with Gasteiger partial charge in [-0.2, -0.15) is 11.8 Å². The average molecular weight is 460 g/mol. The molecule has 1 atom stereocenters. The molecule has 0 heterocycles. The number of hydrogen-bond acceptors (Lipinski definition) is 3. The quantitative estimate of drug-likeness (QED) is 0.593. The fourth-order valence-electron chi connectivity index (χ4n) is 2.64. The van der Waals surface area contributed by atoms with Crippen molar-refractivity contribution in [3.8, 4) is 0 Å². The number of hydrogen-bond donors (Lipinski definition) is 1. The standard InChI is InChI=1S/C20H21Cl3N2O2S/c1-25(12-13-6-5-9-16(22)18(13)23)20(27)17(10-11-28-2)24-19(26)14-7-3-4-8-15(14)21/h3-9,17H,10-12H2,1-2H3,(H,24,26). The Balaban J connectivity index is 2.14. The van der Waals surface area contributed by atoms with Crippen LogP contribution in [-0.2, 0) is 11.3 Å². The van der Waals surface area contributed by atoms with Crippen LogP contribution >= 0.6 is 46.6 Å². The number of halogens is 3. The zero-order chi connectivity index (χ0) is 20.7. The average Bonchev–Trinajstić information content (AvgIpc) is 2.68. The molecular weight excluding hydrogens is 439 g/mol. The van der Waals surface area contributed by atoms with E-state index >= 15 is 0 Å². The van der Waals surface area contributed by atoms with Gasteiger partial charge in [-0.05, 0) is 42.2 Å². The molecule has 2 aromatic rings. The van der Waals surface area contributed by atoms with E-state index in [4.69, 9.17) is 34.8 Å². The predicted octanol–water partition coefficient (Wildman–Crippen LogP) is 5.16. The molecule has 2 rings (SSSR count). The molecule has 0 aliphatic heterocycles. The lowest BCUT2D eigenvalue weighted by atomic mass is 10.1. The van der Waals surface area contributed by atoms with Crippen LogP contribution in [0.15, 0.2) is 42.5 Å². The van der Waals surface area contributed by atoms with Crippen LogP contribution in [0.3, 0.4) is 0 Å². The first-order chi connectivity index (χ1) is 13.3. The number of carbonyl (C=O) groups excluding carboxylic acids is 2. The Morgan fingerprint density at radius 2 is 1.75 bits per heavy atom. The molecule has 4 nitrogen and oxygen atoms in total. The topological polar surface area (TPSA) is 49.4 Å². The van der Waals surface area contributed by atoms with Crippen LogP contribution < -0.4 is 5.32 Å². The summed E-state index contributed by atoms with van der Waals surface area (Å²) in [7, 11) is 1.67. The Hall–Kier alpha value is -1.40. The maximum Gasteiger partial charge on any atom is 0.253 e. The van der Waals surface area contributed by atoms with Gasteiger partial charge in [0.25, 0.3) is 5.91 Å². The first kappa shape index (κ1) is 22.9. The smallest absolute Gasteiger partial charge is 0.253 e.